The van der Waals surface area contributed by atoms with Crippen LogP contribution in [0.5, 0.6) is 5.75 Å². The zero-order chi connectivity index (χ0) is 21.1. The zero-order valence-corrected chi connectivity index (χ0v) is 16.9. The lowest BCUT2D eigenvalue weighted by Gasteiger charge is -2.12. The maximum Gasteiger partial charge on any atom is 0.322 e. The minimum absolute atomic E-state index is 0.163. The summed E-state index contributed by atoms with van der Waals surface area (Å²) in [6.45, 7) is 2.71. The van der Waals surface area contributed by atoms with Crippen molar-refractivity contribution >= 4 is 22.8 Å². The highest BCUT2D eigenvalue weighted by atomic mass is 16.5. The number of aryl methyl sites for hydroxylation is 1. The Morgan fingerprint density at radius 2 is 2.00 bits per heavy atom. The minimum atomic E-state index is -0.402. The molecule has 0 radical (unpaired) electrons. The van der Waals surface area contributed by atoms with E-state index in [1.165, 1.54) is 7.11 Å². The summed E-state index contributed by atoms with van der Waals surface area (Å²) in [6, 6.07) is 14.8. The molecule has 2 heterocycles. The molecule has 30 heavy (non-hydrogen) atoms. The average molecular weight is 408 g/mol. The predicted molar refractivity (Wildman–Crippen MR) is 111 cm³/mol. The molecule has 2 N–H and O–H groups in total. The standard InChI is InChI=1S/C23H24N2O5/c1-14-21(22(26)25-16-10-19(24-12-16)23(27)28-2)18-11-17(8-9-20(18)30-14)29-13-15-6-4-3-5-7-15/h3-9,11,16,19,24H,10,12-13H2,1-2H3,(H,25,26)/t16-,19-/m0/s1. The van der Waals surface area contributed by atoms with Gasteiger partial charge in [0, 0.05) is 18.0 Å². The van der Waals surface area contributed by atoms with Crippen LogP contribution in [0.25, 0.3) is 11.0 Å². The van der Waals surface area contributed by atoms with Crippen LogP contribution in [0.2, 0.25) is 0 Å². The first-order valence-electron chi connectivity index (χ1n) is 9.87. The third-order valence-corrected chi connectivity index (χ3v) is 5.26. The molecule has 1 fully saturated rings. The van der Waals surface area contributed by atoms with E-state index >= 15 is 0 Å². The van der Waals surface area contributed by atoms with Crippen LogP contribution in [0.15, 0.2) is 52.9 Å². The normalized spacial score (nSPS) is 18.3. The van der Waals surface area contributed by atoms with Crippen molar-refractivity contribution < 1.29 is 23.5 Å². The Morgan fingerprint density at radius 1 is 1.20 bits per heavy atom. The number of ether oxygens (including phenoxy) is 2. The van der Waals surface area contributed by atoms with Gasteiger partial charge in [-0.2, -0.15) is 0 Å². The van der Waals surface area contributed by atoms with Crippen LogP contribution in [0, 0.1) is 6.92 Å². The fourth-order valence-electron chi connectivity index (χ4n) is 3.74. The lowest BCUT2D eigenvalue weighted by atomic mass is 10.1. The molecule has 1 saturated heterocycles. The fraction of sp³-hybridized carbons (Fsp3) is 0.304. The molecule has 1 aliphatic heterocycles. The van der Waals surface area contributed by atoms with E-state index in [-0.39, 0.29) is 17.9 Å². The van der Waals surface area contributed by atoms with Gasteiger partial charge in [0.15, 0.2) is 0 Å². The second kappa shape index (κ2) is 8.59. The Balaban J connectivity index is 1.49. The summed E-state index contributed by atoms with van der Waals surface area (Å²) in [6.07, 6.45) is 0.485. The van der Waals surface area contributed by atoms with E-state index in [1.807, 2.05) is 48.5 Å². The topological polar surface area (TPSA) is 89.8 Å². The number of hydrogen-bond acceptors (Lipinski definition) is 6. The van der Waals surface area contributed by atoms with Crippen molar-refractivity contribution in [2.75, 3.05) is 13.7 Å². The predicted octanol–water partition coefficient (Wildman–Crippen LogP) is 2.95. The lowest BCUT2D eigenvalue weighted by molar-refractivity contribution is -0.142. The van der Waals surface area contributed by atoms with Crippen LogP contribution in [-0.4, -0.2) is 37.6 Å². The largest absolute Gasteiger partial charge is 0.489 e. The molecule has 0 saturated carbocycles. The SMILES string of the molecule is COC(=O)[C@@H]1C[C@H](NC(=O)c2c(C)oc3ccc(OCc4ccccc4)cc23)CN1. The smallest absolute Gasteiger partial charge is 0.322 e. The van der Waals surface area contributed by atoms with Gasteiger partial charge in [-0.15, -0.1) is 0 Å². The first kappa shape index (κ1) is 20.0. The monoisotopic (exact) mass is 408 g/mol. The van der Waals surface area contributed by atoms with Gasteiger partial charge in [0.2, 0.25) is 0 Å². The number of carbonyl (C=O) groups excluding carboxylic acids is 2. The number of benzene rings is 2. The Kier molecular flexibility index (Phi) is 5.72. The van der Waals surface area contributed by atoms with E-state index in [4.69, 9.17) is 13.9 Å². The van der Waals surface area contributed by atoms with Crippen molar-refractivity contribution in [3.63, 3.8) is 0 Å². The molecule has 156 valence electrons. The molecule has 0 unspecified atom stereocenters. The molecule has 3 aromatic rings. The first-order chi connectivity index (χ1) is 14.5. The maximum absolute atomic E-state index is 13.0. The van der Waals surface area contributed by atoms with E-state index < -0.39 is 6.04 Å². The number of fused-ring (bicyclic) bond motifs is 1. The van der Waals surface area contributed by atoms with Crippen molar-refractivity contribution in [2.24, 2.45) is 0 Å². The molecule has 0 spiro atoms. The molecule has 2 aromatic carbocycles. The summed E-state index contributed by atoms with van der Waals surface area (Å²) in [5.74, 6) is 0.647. The highest BCUT2D eigenvalue weighted by Gasteiger charge is 2.32. The summed E-state index contributed by atoms with van der Waals surface area (Å²) in [4.78, 5) is 24.7. The molecule has 0 bridgehead atoms. The number of hydrogen-bond donors (Lipinski definition) is 2. The van der Waals surface area contributed by atoms with Crippen molar-refractivity contribution in [1.82, 2.24) is 10.6 Å². The Hall–Kier alpha value is -3.32. The van der Waals surface area contributed by atoms with E-state index in [9.17, 15) is 9.59 Å². The van der Waals surface area contributed by atoms with Crippen molar-refractivity contribution in [2.45, 2.75) is 32.0 Å². The number of carbonyl (C=O) groups is 2. The third-order valence-electron chi connectivity index (χ3n) is 5.26. The second-order valence-electron chi connectivity index (χ2n) is 7.36. The lowest BCUT2D eigenvalue weighted by Crippen LogP contribution is -2.36. The summed E-state index contributed by atoms with van der Waals surface area (Å²) in [5.41, 5.74) is 2.17. The van der Waals surface area contributed by atoms with E-state index in [0.29, 0.717) is 47.6 Å². The summed E-state index contributed by atoms with van der Waals surface area (Å²) < 4.78 is 16.4. The van der Waals surface area contributed by atoms with Gasteiger partial charge in [0.25, 0.3) is 5.91 Å². The van der Waals surface area contributed by atoms with Crippen LogP contribution in [0.4, 0.5) is 0 Å². The maximum atomic E-state index is 13.0. The fourth-order valence-corrected chi connectivity index (χ4v) is 3.74. The number of nitrogens with one attached hydrogen (secondary N) is 2. The molecular formula is C23H24N2O5. The quantitative estimate of drug-likeness (QED) is 0.610. The van der Waals surface area contributed by atoms with E-state index in [2.05, 4.69) is 10.6 Å². The second-order valence-corrected chi connectivity index (χ2v) is 7.36. The number of methoxy groups -OCH3 is 1. The van der Waals surface area contributed by atoms with Crippen molar-refractivity contribution in [1.29, 1.82) is 0 Å². The first-order valence-corrected chi connectivity index (χ1v) is 9.87. The molecule has 4 rings (SSSR count). The third kappa shape index (κ3) is 4.16. The number of esters is 1. The van der Waals surface area contributed by atoms with E-state index in [0.717, 1.165) is 5.56 Å². The van der Waals surface area contributed by atoms with Crippen molar-refractivity contribution in [3.05, 3.63) is 65.4 Å². The van der Waals surface area contributed by atoms with Gasteiger partial charge in [-0.05, 0) is 37.1 Å². The number of rotatable bonds is 6. The molecular weight excluding hydrogens is 384 g/mol. The highest BCUT2D eigenvalue weighted by Crippen LogP contribution is 2.29. The van der Waals surface area contributed by atoms with E-state index in [1.54, 1.807) is 6.92 Å². The molecule has 2 atom stereocenters. The highest BCUT2D eigenvalue weighted by molar-refractivity contribution is 6.07. The van der Waals surface area contributed by atoms with Gasteiger partial charge >= 0.3 is 5.97 Å². The Morgan fingerprint density at radius 3 is 2.77 bits per heavy atom. The molecule has 0 aliphatic carbocycles. The molecule has 1 aromatic heterocycles. The van der Waals surface area contributed by atoms with Gasteiger partial charge in [-0.3, -0.25) is 9.59 Å². The Labute approximate surface area is 174 Å². The van der Waals surface area contributed by atoms with Crippen LogP contribution < -0.4 is 15.4 Å². The molecule has 7 heteroatoms. The Bertz CT molecular complexity index is 1060. The molecule has 7 nitrogen and oxygen atoms in total. The van der Waals surface area contributed by atoms with Gasteiger partial charge in [0.05, 0.1) is 12.7 Å². The number of furan rings is 1. The van der Waals surface area contributed by atoms with Crippen LogP contribution in [-0.2, 0) is 16.1 Å². The number of amides is 1. The van der Waals surface area contributed by atoms with Crippen LogP contribution >= 0.6 is 0 Å². The summed E-state index contributed by atoms with van der Waals surface area (Å²) in [7, 11) is 1.36. The van der Waals surface area contributed by atoms with Gasteiger partial charge in [0.1, 0.15) is 29.7 Å². The van der Waals surface area contributed by atoms with Crippen LogP contribution in [0.3, 0.4) is 0 Å². The van der Waals surface area contributed by atoms with Gasteiger partial charge < -0.3 is 24.5 Å². The van der Waals surface area contributed by atoms with Crippen molar-refractivity contribution in [3.8, 4) is 5.75 Å². The van der Waals surface area contributed by atoms with Gasteiger partial charge in [-0.1, -0.05) is 30.3 Å². The average Bonchev–Trinajstić information content (AvgIpc) is 3.35. The molecule has 1 aliphatic rings. The summed E-state index contributed by atoms with van der Waals surface area (Å²) in [5, 5.41) is 6.76. The van der Waals surface area contributed by atoms with Gasteiger partial charge in [-0.25, -0.2) is 0 Å². The van der Waals surface area contributed by atoms with Crippen LogP contribution in [0.1, 0.15) is 28.1 Å². The minimum Gasteiger partial charge on any atom is -0.489 e. The molecule has 1 amide bonds. The zero-order valence-electron chi connectivity index (χ0n) is 16.9. The summed E-state index contributed by atoms with van der Waals surface area (Å²) >= 11 is 0.